The molecule has 0 fully saturated rings. The highest BCUT2D eigenvalue weighted by molar-refractivity contribution is 5.74. The van der Waals surface area contributed by atoms with Crippen LogP contribution in [0.3, 0.4) is 0 Å². The predicted molar refractivity (Wildman–Crippen MR) is 70.0 cm³/mol. The number of amides is 2. The van der Waals surface area contributed by atoms with Gasteiger partial charge in [-0.15, -0.1) is 5.92 Å². The van der Waals surface area contributed by atoms with Gasteiger partial charge in [0.1, 0.15) is 0 Å². The Labute approximate surface area is 108 Å². The van der Waals surface area contributed by atoms with Crippen LogP contribution in [0.5, 0.6) is 0 Å². The highest BCUT2D eigenvalue weighted by atomic mass is 16.4. The Balaban J connectivity index is 4.03. The van der Waals surface area contributed by atoms with Gasteiger partial charge in [0, 0.05) is 13.0 Å². The molecule has 0 aliphatic rings. The van der Waals surface area contributed by atoms with E-state index in [1.54, 1.807) is 6.92 Å². The van der Waals surface area contributed by atoms with E-state index < -0.39 is 5.97 Å². The van der Waals surface area contributed by atoms with Gasteiger partial charge < -0.3 is 15.7 Å². The zero-order chi connectivity index (χ0) is 14.0. The summed E-state index contributed by atoms with van der Waals surface area (Å²) in [6.45, 7) is 6.44. The molecule has 0 rings (SSSR count). The maximum absolute atomic E-state index is 11.4. The monoisotopic (exact) mass is 254 g/mol. The minimum atomic E-state index is -0.834. The molecule has 1 atom stereocenters. The fraction of sp³-hybridized carbons (Fsp3) is 0.692. The molecule has 5 nitrogen and oxygen atoms in total. The van der Waals surface area contributed by atoms with Gasteiger partial charge in [0.25, 0.3) is 0 Å². The van der Waals surface area contributed by atoms with Gasteiger partial charge in [-0.3, -0.25) is 4.79 Å². The van der Waals surface area contributed by atoms with Crippen molar-refractivity contribution in [3.63, 3.8) is 0 Å². The van der Waals surface area contributed by atoms with Crippen molar-refractivity contribution in [2.75, 3.05) is 13.1 Å². The van der Waals surface area contributed by atoms with Gasteiger partial charge in [0.2, 0.25) is 0 Å². The van der Waals surface area contributed by atoms with E-state index in [2.05, 4.69) is 22.5 Å². The lowest BCUT2D eigenvalue weighted by Gasteiger charge is -2.17. The van der Waals surface area contributed by atoms with Crippen LogP contribution in [0.25, 0.3) is 0 Å². The number of urea groups is 1. The minimum Gasteiger partial charge on any atom is -0.481 e. The Morgan fingerprint density at radius 3 is 2.44 bits per heavy atom. The van der Waals surface area contributed by atoms with Crippen LogP contribution in [0.4, 0.5) is 4.79 Å². The SMILES string of the molecule is CC#CCNC(=O)NC[C@H](CC(=O)O)CC(C)C. The molecule has 18 heavy (non-hydrogen) atoms. The summed E-state index contributed by atoms with van der Waals surface area (Å²) in [5, 5.41) is 14.0. The maximum Gasteiger partial charge on any atom is 0.315 e. The van der Waals surface area contributed by atoms with Gasteiger partial charge in [0.15, 0.2) is 0 Å². The second-order valence-corrected chi connectivity index (χ2v) is 4.58. The summed E-state index contributed by atoms with van der Waals surface area (Å²) in [5.74, 6) is 4.92. The van der Waals surface area contributed by atoms with Crippen LogP contribution in [0, 0.1) is 23.7 Å². The second kappa shape index (κ2) is 9.34. The Hall–Kier alpha value is -1.70. The molecular formula is C13H22N2O3. The molecule has 0 saturated heterocycles. The first-order valence-corrected chi connectivity index (χ1v) is 6.08. The average Bonchev–Trinajstić information content (AvgIpc) is 2.25. The standard InChI is InChI=1S/C13H22N2O3/c1-4-5-6-14-13(18)15-9-11(7-10(2)3)8-12(16)17/h10-11H,6-9H2,1-3H3,(H,16,17)(H2,14,15,18)/t11-/m0/s1. The Morgan fingerprint density at radius 1 is 1.28 bits per heavy atom. The van der Waals surface area contributed by atoms with Gasteiger partial charge in [-0.25, -0.2) is 4.79 Å². The molecule has 5 heteroatoms. The molecule has 0 heterocycles. The maximum atomic E-state index is 11.4. The molecule has 0 bridgehead atoms. The van der Waals surface area contributed by atoms with E-state index in [1.165, 1.54) is 0 Å². The molecular weight excluding hydrogens is 232 g/mol. The highest BCUT2D eigenvalue weighted by Crippen LogP contribution is 2.14. The lowest BCUT2D eigenvalue weighted by Crippen LogP contribution is -2.39. The summed E-state index contributed by atoms with van der Waals surface area (Å²) in [6.07, 6.45) is 0.856. The number of nitrogens with one attached hydrogen (secondary N) is 2. The van der Waals surface area contributed by atoms with Gasteiger partial charge in [-0.1, -0.05) is 19.8 Å². The molecule has 0 aromatic carbocycles. The van der Waals surface area contributed by atoms with E-state index in [0.29, 0.717) is 19.0 Å². The second-order valence-electron chi connectivity index (χ2n) is 4.58. The van der Waals surface area contributed by atoms with Crippen LogP contribution >= 0.6 is 0 Å². The number of carboxylic acids is 1. The fourth-order valence-electron chi connectivity index (χ4n) is 1.66. The summed E-state index contributed by atoms with van der Waals surface area (Å²) in [6, 6.07) is -0.308. The van der Waals surface area contributed by atoms with Crippen LogP contribution in [0.1, 0.15) is 33.6 Å². The molecule has 0 aromatic rings. The van der Waals surface area contributed by atoms with E-state index in [-0.39, 0.29) is 18.4 Å². The lowest BCUT2D eigenvalue weighted by molar-refractivity contribution is -0.138. The fourth-order valence-corrected chi connectivity index (χ4v) is 1.66. The predicted octanol–water partition coefficient (Wildman–Crippen LogP) is 1.45. The molecule has 0 spiro atoms. The third-order valence-corrected chi connectivity index (χ3v) is 2.33. The van der Waals surface area contributed by atoms with Crippen molar-refractivity contribution >= 4 is 12.0 Å². The Morgan fingerprint density at radius 2 is 1.94 bits per heavy atom. The van der Waals surface area contributed by atoms with Crippen molar-refractivity contribution in [1.82, 2.24) is 10.6 Å². The number of aliphatic carboxylic acids is 1. The molecule has 0 radical (unpaired) electrons. The van der Waals surface area contributed by atoms with Crippen LogP contribution in [-0.2, 0) is 4.79 Å². The van der Waals surface area contributed by atoms with E-state index in [0.717, 1.165) is 6.42 Å². The van der Waals surface area contributed by atoms with Crippen LogP contribution in [-0.4, -0.2) is 30.2 Å². The van der Waals surface area contributed by atoms with Crippen LogP contribution in [0.15, 0.2) is 0 Å². The minimum absolute atomic E-state index is 0.0366. The first-order chi connectivity index (χ1) is 8.45. The van der Waals surface area contributed by atoms with Gasteiger partial charge >= 0.3 is 12.0 Å². The van der Waals surface area contributed by atoms with Gasteiger partial charge in [0.05, 0.1) is 6.54 Å². The molecule has 0 aliphatic heterocycles. The van der Waals surface area contributed by atoms with Crippen molar-refractivity contribution < 1.29 is 14.7 Å². The molecule has 2 amide bonds. The van der Waals surface area contributed by atoms with Gasteiger partial charge in [-0.2, -0.15) is 0 Å². The topological polar surface area (TPSA) is 78.4 Å². The first kappa shape index (κ1) is 16.3. The highest BCUT2D eigenvalue weighted by Gasteiger charge is 2.15. The van der Waals surface area contributed by atoms with E-state index in [1.807, 2.05) is 13.8 Å². The summed E-state index contributed by atoms with van der Waals surface area (Å²) in [4.78, 5) is 22.1. The molecule has 0 unspecified atom stereocenters. The van der Waals surface area contributed by atoms with Gasteiger partial charge in [-0.05, 0) is 25.2 Å². The Kier molecular flexibility index (Phi) is 8.46. The lowest BCUT2D eigenvalue weighted by atomic mass is 9.94. The van der Waals surface area contributed by atoms with Crippen LogP contribution in [0.2, 0.25) is 0 Å². The zero-order valence-electron chi connectivity index (χ0n) is 11.2. The molecule has 102 valence electrons. The van der Waals surface area contributed by atoms with E-state index in [4.69, 9.17) is 5.11 Å². The molecule has 0 aromatic heterocycles. The quantitative estimate of drug-likeness (QED) is 0.602. The van der Waals surface area contributed by atoms with E-state index >= 15 is 0 Å². The Bertz CT molecular complexity index is 329. The van der Waals surface area contributed by atoms with E-state index in [9.17, 15) is 9.59 Å². The number of carboxylic acid groups (broad SMARTS) is 1. The third kappa shape index (κ3) is 9.52. The number of carbonyl (C=O) groups excluding carboxylic acids is 1. The first-order valence-electron chi connectivity index (χ1n) is 6.08. The van der Waals surface area contributed by atoms with Crippen molar-refractivity contribution in [3.05, 3.63) is 0 Å². The smallest absolute Gasteiger partial charge is 0.315 e. The van der Waals surface area contributed by atoms with Crippen molar-refractivity contribution in [2.24, 2.45) is 11.8 Å². The van der Waals surface area contributed by atoms with Crippen molar-refractivity contribution in [1.29, 1.82) is 0 Å². The number of carbonyl (C=O) groups is 2. The third-order valence-electron chi connectivity index (χ3n) is 2.33. The largest absolute Gasteiger partial charge is 0.481 e. The summed E-state index contributed by atoms with van der Waals surface area (Å²) < 4.78 is 0. The summed E-state index contributed by atoms with van der Waals surface area (Å²) in [5.41, 5.74) is 0. The summed E-state index contributed by atoms with van der Waals surface area (Å²) in [7, 11) is 0. The molecule has 3 N–H and O–H groups in total. The average molecular weight is 254 g/mol. The molecule has 0 aliphatic carbocycles. The normalized spacial score (nSPS) is 11.3. The number of hydrogen-bond donors (Lipinski definition) is 3. The van der Waals surface area contributed by atoms with Crippen molar-refractivity contribution in [3.8, 4) is 11.8 Å². The van der Waals surface area contributed by atoms with Crippen LogP contribution < -0.4 is 10.6 Å². The molecule has 0 saturated carbocycles. The zero-order valence-corrected chi connectivity index (χ0v) is 11.2. The summed E-state index contributed by atoms with van der Waals surface area (Å²) >= 11 is 0. The number of hydrogen-bond acceptors (Lipinski definition) is 2. The number of rotatable bonds is 7. The van der Waals surface area contributed by atoms with Crippen molar-refractivity contribution in [2.45, 2.75) is 33.6 Å².